The monoisotopic (exact) mass is 269 g/mol. The lowest BCUT2D eigenvalue weighted by Crippen LogP contribution is -2.28. The van der Waals surface area contributed by atoms with Crippen LogP contribution in [0.15, 0.2) is 16.5 Å². The Balaban J connectivity index is 2.34. The quantitative estimate of drug-likeness (QED) is 0.672. The van der Waals surface area contributed by atoms with Crippen LogP contribution in [0.3, 0.4) is 0 Å². The maximum absolute atomic E-state index is 5.77. The van der Waals surface area contributed by atoms with Crippen molar-refractivity contribution >= 4 is 11.8 Å². The van der Waals surface area contributed by atoms with E-state index in [-0.39, 0.29) is 0 Å². The van der Waals surface area contributed by atoms with E-state index < -0.39 is 0 Å². The Kier molecular flexibility index (Phi) is 8.27. The molecule has 3 heteroatoms. The summed E-state index contributed by atoms with van der Waals surface area (Å²) in [6.45, 7) is 5.37. The number of hydrogen-bond donors (Lipinski definition) is 1. The molecule has 0 aliphatic rings. The standard InChI is InChI=1S/C15H27NOS/c1-4-6-8-13(7-5-2)16-11-14-9-10-15(17-14)12-18-3/h9-10,13,16H,4-8,11-12H2,1-3H3. The molecule has 0 aliphatic carbocycles. The molecule has 1 heterocycles. The number of nitrogens with one attached hydrogen (secondary N) is 1. The first kappa shape index (κ1) is 15.6. The van der Waals surface area contributed by atoms with Crippen LogP contribution in [0.4, 0.5) is 0 Å². The van der Waals surface area contributed by atoms with Crippen molar-refractivity contribution in [1.82, 2.24) is 5.32 Å². The normalized spacial score (nSPS) is 12.8. The van der Waals surface area contributed by atoms with Gasteiger partial charge in [0.1, 0.15) is 11.5 Å². The van der Waals surface area contributed by atoms with E-state index in [1.165, 1.54) is 32.1 Å². The Bertz CT molecular complexity index is 311. The Morgan fingerprint density at radius 1 is 1.17 bits per heavy atom. The van der Waals surface area contributed by atoms with Crippen molar-refractivity contribution in [1.29, 1.82) is 0 Å². The van der Waals surface area contributed by atoms with Gasteiger partial charge in [-0.1, -0.05) is 33.1 Å². The van der Waals surface area contributed by atoms with Crippen LogP contribution < -0.4 is 5.32 Å². The number of furan rings is 1. The van der Waals surface area contributed by atoms with E-state index in [1.54, 1.807) is 11.8 Å². The first-order chi connectivity index (χ1) is 8.80. The highest BCUT2D eigenvalue weighted by atomic mass is 32.2. The van der Waals surface area contributed by atoms with Gasteiger partial charge < -0.3 is 9.73 Å². The molecule has 0 saturated carbocycles. The third-order valence-corrected chi connectivity index (χ3v) is 3.69. The lowest BCUT2D eigenvalue weighted by Gasteiger charge is -2.16. The fourth-order valence-corrected chi connectivity index (χ4v) is 2.57. The predicted molar refractivity (Wildman–Crippen MR) is 81.0 cm³/mol. The summed E-state index contributed by atoms with van der Waals surface area (Å²) in [4.78, 5) is 0. The Morgan fingerprint density at radius 3 is 2.61 bits per heavy atom. The van der Waals surface area contributed by atoms with Gasteiger partial charge in [-0.2, -0.15) is 11.8 Å². The smallest absolute Gasteiger partial charge is 0.118 e. The van der Waals surface area contributed by atoms with Gasteiger partial charge >= 0.3 is 0 Å². The summed E-state index contributed by atoms with van der Waals surface area (Å²) in [7, 11) is 0. The van der Waals surface area contributed by atoms with Crippen molar-refractivity contribution < 1.29 is 4.42 Å². The summed E-state index contributed by atoms with van der Waals surface area (Å²) in [6.07, 6.45) is 8.48. The highest BCUT2D eigenvalue weighted by Gasteiger charge is 2.08. The molecule has 18 heavy (non-hydrogen) atoms. The van der Waals surface area contributed by atoms with Crippen LogP contribution in [-0.2, 0) is 12.3 Å². The zero-order valence-corrected chi connectivity index (χ0v) is 12.8. The molecule has 0 saturated heterocycles. The number of hydrogen-bond acceptors (Lipinski definition) is 3. The van der Waals surface area contributed by atoms with Gasteiger partial charge in [-0.05, 0) is 31.2 Å². The molecule has 1 aromatic heterocycles. The molecule has 1 rings (SSSR count). The Morgan fingerprint density at radius 2 is 1.94 bits per heavy atom. The number of rotatable bonds is 10. The van der Waals surface area contributed by atoms with Crippen LogP contribution in [0.5, 0.6) is 0 Å². The molecule has 0 aliphatic heterocycles. The van der Waals surface area contributed by atoms with Crippen molar-refractivity contribution in [3.63, 3.8) is 0 Å². The third kappa shape index (κ3) is 5.96. The van der Waals surface area contributed by atoms with Gasteiger partial charge in [-0.25, -0.2) is 0 Å². The van der Waals surface area contributed by atoms with E-state index in [0.717, 1.165) is 23.8 Å². The van der Waals surface area contributed by atoms with Crippen LogP contribution in [0.2, 0.25) is 0 Å². The molecule has 0 spiro atoms. The summed E-state index contributed by atoms with van der Waals surface area (Å²) in [5.41, 5.74) is 0. The molecule has 0 amide bonds. The molecular weight excluding hydrogens is 242 g/mol. The molecule has 1 N–H and O–H groups in total. The zero-order valence-electron chi connectivity index (χ0n) is 12.0. The van der Waals surface area contributed by atoms with Gasteiger partial charge in [0.25, 0.3) is 0 Å². The second-order valence-electron chi connectivity index (χ2n) is 4.81. The summed E-state index contributed by atoms with van der Waals surface area (Å²) in [5.74, 6) is 3.12. The van der Waals surface area contributed by atoms with Crippen LogP contribution in [0, 0.1) is 0 Å². The van der Waals surface area contributed by atoms with E-state index in [1.807, 2.05) is 0 Å². The molecule has 1 atom stereocenters. The van der Waals surface area contributed by atoms with Gasteiger partial charge in [-0.3, -0.25) is 0 Å². The van der Waals surface area contributed by atoms with Gasteiger partial charge in [0, 0.05) is 6.04 Å². The van der Waals surface area contributed by atoms with Crippen molar-refractivity contribution in [2.75, 3.05) is 6.26 Å². The van der Waals surface area contributed by atoms with Crippen molar-refractivity contribution in [2.24, 2.45) is 0 Å². The maximum Gasteiger partial charge on any atom is 0.118 e. The van der Waals surface area contributed by atoms with Crippen LogP contribution in [0.1, 0.15) is 57.5 Å². The van der Waals surface area contributed by atoms with Crippen molar-refractivity contribution in [3.05, 3.63) is 23.7 Å². The average Bonchev–Trinajstić information content (AvgIpc) is 2.81. The van der Waals surface area contributed by atoms with Gasteiger partial charge in [-0.15, -0.1) is 0 Å². The Hall–Kier alpha value is -0.410. The van der Waals surface area contributed by atoms with Gasteiger partial charge in [0.15, 0.2) is 0 Å². The summed E-state index contributed by atoms with van der Waals surface area (Å²) in [5, 5.41) is 3.63. The maximum atomic E-state index is 5.77. The minimum atomic E-state index is 0.643. The third-order valence-electron chi connectivity index (χ3n) is 3.11. The predicted octanol–water partition coefficient (Wildman–Crippen LogP) is 4.59. The summed E-state index contributed by atoms with van der Waals surface area (Å²) in [6, 6.07) is 4.83. The summed E-state index contributed by atoms with van der Waals surface area (Å²) < 4.78 is 5.77. The topological polar surface area (TPSA) is 25.2 Å². The largest absolute Gasteiger partial charge is 0.464 e. The fraction of sp³-hybridized carbons (Fsp3) is 0.733. The van der Waals surface area contributed by atoms with E-state index in [0.29, 0.717) is 6.04 Å². The lowest BCUT2D eigenvalue weighted by atomic mass is 10.1. The number of thioether (sulfide) groups is 1. The molecule has 1 aromatic rings. The van der Waals surface area contributed by atoms with Gasteiger partial charge in [0.05, 0.1) is 12.3 Å². The molecule has 104 valence electrons. The second kappa shape index (κ2) is 9.51. The van der Waals surface area contributed by atoms with Crippen LogP contribution in [0.25, 0.3) is 0 Å². The second-order valence-corrected chi connectivity index (χ2v) is 5.68. The SMILES string of the molecule is CCCCC(CCC)NCc1ccc(CSC)o1. The minimum Gasteiger partial charge on any atom is -0.464 e. The highest BCUT2D eigenvalue weighted by molar-refractivity contribution is 7.97. The molecule has 1 unspecified atom stereocenters. The first-order valence-electron chi connectivity index (χ1n) is 7.10. The minimum absolute atomic E-state index is 0.643. The molecule has 0 aromatic carbocycles. The first-order valence-corrected chi connectivity index (χ1v) is 8.49. The fourth-order valence-electron chi connectivity index (χ4n) is 2.13. The summed E-state index contributed by atoms with van der Waals surface area (Å²) >= 11 is 1.80. The molecule has 0 radical (unpaired) electrons. The van der Waals surface area contributed by atoms with Crippen LogP contribution in [-0.4, -0.2) is 12.3 Å². The molecular formula is C15H27NOS. The van der Waals surface area contributed by atoms with E-state index in [4.69, 9.17) is 4.42 Å². The van der Waals surface area contributed by atoms with E-state index in [2.05, 4.69) is 37.6 Å². The number of unbranched alkanes of at least 4 members (excludes halogenated alkanes) is 1. The van der Waals surface area contributed by atoms with Crippen molar-refractivity contribution in [2.45, 2.75) is 64.3 Å². The lowest BCUT2D eigenvalue weighted by molar-refractivity contribution is 0.395. The average molecular weight is 269 g/mol. The highest BCUT2D eigenvalue weighted by Crippen LogP contribution is 2.14. The Labute approximate surface area is 116 Å². The van der Waals surface area contributed by atoms with E-state index >= 15 is 0 Å². The molecule has 2 nitrogen and oxygen atoms in total. The van der Waals surface area contributed by atoms with Crippen molar-refractivity contribution in [3.8, 4) is 0 Å². The van der Waals surface area contributed by atoms with Crippen LogP contribution >= 0.6 is 11.8 Å². The molecule has 0 fully saturated rings. The van der Waals surface area contributed by atoms with Gasteiger partial charge in [0.2, 0.25) is 0 Å². The van der Waals surface area contributed by atoms with E-state index in [9.17, 15) is 0 Å². The zero-order chi connectivity index (χ0) is 13.2. The molecule has 0 bridgehead atoms.